The molecule has 1 aliphatic heterocycles. The van der Waals surface area contributed by atoms with E-state index in [2.05, 4.69) is 12.1 Å². The second-order valence-corrected chi connectivity index (χ2v) is 10.7. The van der Waals surface area contributed by atoms with Gasteiger partial charge in [0.2, 0.25) is 0 Å². The van der Waals surface area contributed by atoms with Gasteiger partial charge in [-0.15, -0.1) is 0 Å². The van der Waals surface area contributed by atoms with Crippen molar-refractivity contribution in [2.45, 2.75) is 38.0 Å². The SMILES string of the molecule is OC1CCC(COCc2ccccc2)O[PH]1(OCc1ccccc1)c1ccccc1. The first kappa shape index (κ1) is 21.2. The van der Waals surface area contributed by atoms with E-state index in [4.69, 9.17) is 13.8 Å². The van der Waals surface area contributed by atoms with Gasteiger partial charge in [-0.3, -0.25) is 0 Å². The molecule has 1 fully saturated rings. The van der Waals surface area contributed by atoms with E-state index in [1.165, 1.54) is 0 Å². The fraction of sp³-hybridized carbons (Fsp3) is 0.280. The third-order valence-electron chi connectivity index (χ3n) is 5.43. The van der Waals surface area contributed by atoms with Gasteiger partial charge in [0.15, 0.2) is 0 Å². The van der Waals surface area contributed by atoms with Gasteiger partial charge in [-0.1, -0.05) is 0 Å². The first-order valence-electron chi connectivity index (χ1n) is 10.5. The number of hydrogen-bond donors (Lipinski definition) is 1. The fourth-order valence-corrected chi connectivity index (χ4v) is 7.20. The van der Waals surface area contributed by atoms with Crippen LogP contribution in [0.15, 0.2) is 91.0 Å². The molecule has 30 heavy (non-hydrogen) atoms. The molecular formula is C25H29O4P. The molecule has 1 N–H and O–H groups in total. The average molecular weight is 424 g/mol. The third kappa shape index (κ3) is 5.15. The van der Waals surface area contributed by atoms with Gasteiger partial charge >= 0.3 is 179 Å². The molecule has 5 heteroatoms. The molecule has 0 bridgehead atoms. The normalized spacial score (nSPS) is 21.8. The Hall–Kier alpha value is -2.07. The molecule has 1 saturated heterocycles. The summed E-state index contributed by atoms with van der Waals surface area (Å²) in [7, 11) is -3.06. The van der Waals surface area contributed by atoms with Gasteiger partial charge in [-0.05, 0) is 0 Å². The van der Waals surface area contributed by atoms with Crippen molar-refractivity contribution in [3.8, 4) is 0 Å². The van der Waals surface area contributed by atoms with Crippen LogP contribution in [-0.2, 0) is 27.0 Å². The Morgan fingerprint density at radius 1 is 0.767 bits per heavy atom. The standard InChI is InChI=1S/C25H29O4P/c26-25-17-16-23(20-27-18-21-10-4-1-5-11-21)29-30(25,24-14-8-3-9-15-24)28-19-22-12-6-2-7-13-22/h1-15,23,25-26,30H,16-20H2. The van der Waals surface area contributed by atoms with Crippen LogP contribution in [0.4, 0.5) is 0 Å². The summed E-state index contributed by atoms with van der Waals surface area (Å²) in [5.74, 6) is -0.617. The summed E-state index contributed by atoms with van der Waals surface area (Å²) < 4.78 is 19.0. The van der Waals surface area contributed by atoms with E-state index < -0.39 is 13.6 Å². The molecule has 0 amide bonds. The molecule has 0 radical (unpaired) electrons. The van der Waals surface area contributed by atoms with Crippen LogP contribution in [0.5, 0.6) is 0 Å². The van der Waals surface area contributed by atoms with Crippen LogP contribution < -0.4 is 5.30 Å². The van der Waals surface area contributed by atoms with E-state index in [1.54, 1.807) is 0 Å². The molecule has 2 atom stereocenters. The summed E-state index contributed by atoms with van der Waals surface area (Å²) in [5.41, 5.74) is 2.21. The molecule has 0 saturated carbocycles. The second-order valence-electron chi connectivity index (χ2n) is 7.64. The molecule has 0 aliphatic carbocycles. The Balaban J connectivity index is 1.48. The van der Waals surface area contributed by atoms with Gasteiger partial charge in [0, 0.05) is 0 Å². The number of rotatable bonds is 8. The van der Waals surface area contributed by atoms with E-state index >= 15 is 0 Å². The summed E-state index contributed by atoms with van der Waals surface area (Å²) in [6.45, 7) is 1.45. The van der Waals surface area contributed by atoms with Crippen molar-refractivity contribution in [3.63, 3.8) is 0 Å². The van der Waals surface area contributed by atoms with Crippen molar-refractivity contribution in [1.29, 1.82) is 0 Å². The van der Waals surface area contributed by atoms with E-state index in [1.807, 2.05) is 78.9 Å². The van der Waals surface area contributed by atoms with Crippen molar-refractivity contribution < 1.29 is 18.9 Å². The van der Waals surface area contributed by atoms with Crippen molar-refractivity contribution in [3.05, 3.63) is 102 Å². The predicted octanol–water partition coefficient (Wildman–Crippen LogP) is 4.82. The van der Waals surface area contributed by atoms with Gasteiger partial charge in [0.05, 0.1) is 0 Å². The Morgan fingerprint density at radius 3 is 1.97 bits per heavy atom. The molecule has 0 spiro atoms. The summed E-state index contributed by atoms with van der Waals surface area (Å²) in [6.07, 6.45) is 1.31. The van der Waals surface area contributed by atoms with Crippen molar-refractivity contribution in [2.24, 2.45) is 0 Å². The minimum absolute atomic E-state index is 0.0974. The second kappa shape index (κ2) is 10.3. The molecule has 158 valence electrons. The van der Waals surface area contributed by atoms with Crippen molar-refractivity contribution >= 4 is 13.0 Å². The van der Waals surface area contributed by atoms with Crippen LogP contribution in [0.3, 0.4) is 0 Å². The Kier molecular flexibility index (Phi) is 7.27. The summed E-state index contributed by atoms with van der Waals surface area (Å²) in [4.78, 5) is 0. The van der Waals surface area contributed by atoms with Crippen LogP contribution in [0.25, 0.3) is 0 Å². The number of ether oxygens (including phenoxy) is 1. The molecule has 1 heterocycles. The fourth-order valence-electron chi connectivity index (χ4n) is 3.83. The van der Waals surface area contributed by atoms with Crippen LogP contribution in [0, 0.1) is 0 Å². The number of benzene rings is 3. The molecular weight excluding hydrogens is 395 g/mol. The predicted molar refractivity (Wildman–Crippen MR) is 122 cm³/mol. The van der Waals surface area contributed by atoms with E-state index in [-0.39, 0.29) is 6.10 Å². The minimum atomic E-state index is -3.06. The van der Waals surface area contributed by atoms with Crippen LogP contribution in [0.2, 0.25) is 0 Å². The van der Waals surface area contributed by atoms with Gasteiger partial charge < -0.3 is 0 Å². The maximum atomic E-state index is 11.0. The van der Waals surface area contributed by atoms with E-state index in [9.17, 15) is 5.11 Å². The first-order valence-corrected chi connectivity index (χ1v) is 12.4. The van der Waals surface area contributed by atoms with Crippen LogP contribution in [-0.4, -0.2) is 23.7 Å². The van der Waals surface area contributed by atoms with Crippen LogP contribution in [0.1, 0.15) is 24.0 Å². The molecule has 3 aromatic rings. The molecule has 2 unspecified atom stereocenters. The van der Waals surface area contributed by atoms with E-state index in [0.29, 0.717) is 26.2 Å². The van der Waals surface area contributed by atoms with Crippen LogP contribution >= 0.6 is 7.72 Å². The number of aliphatic hydroxyl groups excluding tert-OH is 1. The van der Waals surface area contributed by atoms with E-state index in [0.717, 1.165) is 22.9 Å². The summed E-state index contributed by atoms with van der Waals surface area (Å²) >= 11 is 0. The Bertz CT molecular complexity index is 891. The molecule has 3 aromatic carbocycles. The average Bonchev–Trinajstić information content (AvgIpc) is 2.81. The number of aliphatic hydroxyl groups is 1. The van der Waals surface area contributed by atoms with Gasteiger partial charge in [-0.25, -0.2) is 0 Å². The zero-order valence-electron chi connectivity index (χ0n) is 17.0. The first-order chi connectivity index (χ1) is 14.8. The monoisotopic (exact) mass is 424 g/mol. The topological polar surface area (TPSA) is 47.9 Å². The van der Waals surface area contributed by atoms with Crippen molar-refractivity contribution in [1.82, 2.24) is 0 Å². The summed E-state index contributed by atoms with van der Waals surface area (Å²) in [6, 6.07) is 30.1. The quantitative estimate of drug-likeness (QED) is 0.527. The molecule has 0 aromatic heterocycles. The summed E-state index contributed by atoms with van der Waals surface area (Å²) in [5, 5.41) is 12.0. The van der Waals surface area contributed by atoms with Gasteiger partial charge in [0.25, 0.3) is 0 Å². The van der Waals surface area contributed by atoms with Gasteiger partial charge in [0.1, 0.15) is 0 Å². The van der Waals surface area contributed by atoms with Gasteiger partial charge in [-0.2, -0.15) is 0 Å². The van der Waals surface area contributed by atoms with Crippen molar-refractivity contribution in [2.75, 3.05) is 6.61 Å². The maximum absolute atomic E-state index is 11.0. The zero-order valence-corrected chi connectivity index (χ0v) is 18.0. The zero-order chi connectivity index (χ0) is 20.7. The Morgan fingerprint density at radius 2 is 1.33 bits per heavy atom. The third-order valence-corrected chi connectivity index (χ3v) is 8.99. The Labute approximate surface area is 178 Å². The molecule has 4 rings (SSSR count). The number of hydrogen-bond acceptors (Lipinski definition) is 4. The molecule has 4 nitrogen and oxygen atoms in total. The molecule has 1 aliphatic rings.